The number of amides is 1. The van der Waals surface area contributed by atoms with Gasteiger partial charge in [0.1, 0.15) is 0 Å². The summed E-state index contributed by atoms with van der Waals surface area (Å²) in [6.45, 7) is 3.95. The van der Waals surface area contributed by atoms with Crippen LogP contribution in [0.15, 0.2) is 72.1 Å². The fourth-order valence-electron chi connectivity index (χ4n) is 3.08. The number of hydrogen-bond donors (Lipinski definition) is 1. The number of halogens is 1. The highest BCUT2D eigenvalue weighted by Gasteiger charge is 2.18. The second-order valence-corrected chi connectivity index (χ2v) is 8.31. The van der Waals surface area contributed by atoms with Crippen LogP contribution < -0.4 is 5.32 Å². The number of nitrogens with zero attached hydrogens (tertiary/aromatic N) is 4. The minimum atomic E-state index is -0.144. The van der Waals surface area contributed by atoms with Gasteiger partial charge in [0.25, 0.3) is 0 Å². The standard InChI is InChI=1S/C23H20ClN5OS/c1-15-7-8-18(13-19(15)24)26-21(30)14-31-23-28-27-22(17-9-11-25-12-10-17)29(23)20-6-4-3-5-16(20)2/h3-13H,14H2,1-2H3,(H,26,30). The molecular formula is C23H20ClN5OS. The van der Waals surface area contributed by atoms with E-state index >= 15 is 0 Å². The predicted octanol–water partition coefficient (Wildman–Crippen LogP) is 5.33. The minimum Gasteiger partial charge on any atom is -0.325 e. The molecule has 0 aliphatic heterocycles. The van der Waals surface area contributed by atoms with Crippen LogP contribution in [0.4, 0.5) is 5.69 Å². The average molecular weight is 450 g/mol. The van der Waals surface area contributed by atoms with E-state index in [0.717, 1.165) is 22.4 Å². The van der Waals surface area contributed by atoms with Crippen LogP contribution in [0.2, 0.25) is 5.02 Å². The highest BCUT2D eigenvalue weighted by molar-refractivity contribution is 7.99. The van der Waals surface area contributed by atoms with Gasteiger partial charge in [-0.3, -0.25) is 14.3 Å². The molecule has 156 valence electrons. The molecule has 0 radical (unpaired) electrons. The molecule has 0 fully saturated rings. The number of carbonyl (C=O) groups is 1. The van der Waals surface area contributed by atoms with Gasteiger partial charge >= 0.3 is 0 Å². The maximum atomic E-state index is 12.5. The van der Waals surface area contributed by atoms with Crippen molar-refractivity contribution in [1.82, 2.24) is 19.7 Å². The lowest BCUT2D eigenvalue weighted by molar-refractivity contribution is -0.113. The van der Waals surface area contributed by atoms with Crippen LogP contribution in [0.5, 0.6) is 0 Å². The van der Waals surface area contributed by atoms with E-state index in [1.54, 1.807) is 18.5 Å². The molecule has 8 heteroatoms. The molecular weight excluding hydrogens is 430 g/mol. The maximum Gasteiger partial charge on any atom is 0.234 e. The zero-order valence-electron chi connectivity index (χ0n) is 17.0. The molecule has 0 saturated carbocycles. The molecule has 2 aromatic carbocycles. The molecule has 0 atom stereocenters. The lowest BCUT2D eigenvalue weighted by Gasteiger charge is -2.13. The van der Waals surface area contributed by atoms with Crippen molar-refractivity contribution in [2.24, 2.45) is 0 Å². The van der Waals surface area contributed by atoms with Crippen molar-refractivity contribution < 1.29 is 4.79 Å². The van der Waals surface area contributed by atoms with Crippen molar-refractivity contribution in [3.05, 3.63) is 83.1 Å². The summed E-state index contributed by atoms with van der Waals surface area (Å²) in [5.74, 6) is 0.742. The number of aromatic nitrogens is 4. The maximum absolute atomic E-state index is 12.5. The zero-order valence-corrected chi connectivity index (χ0v) is 18.6. The van der Waals surface area contributed by atoms with Gasteiger partial charge < -0.3 is 5.32 Å². The van der Waals surface area contributed by atoms with Gasteiger partial charge in [-0.25, -0.2) is 0 Å². The smallest absolute Gasteiger partial charge is 0.234 e. The van der Waals surface area contributed by atoms with E-state index in [2.05, 4.69) is 20.5 Å². The Morgan fingerprint density at radius 2 is 1.81 bits per heavy atom. The summed E-state index contributed by atoms with van der Waals surface area (Å²) in [4.78, 5) is 16.6. The van der Waals surface area contributed by atoms with Gasteiger partial charge in [-0.1, -0.05) is 47.6 Å². The number of rotatable bonds is 6. The van der Waals surface area contributed by atoms with Crippen LogP contribution in [0.25, 0.3) is 17.1 Å². The Balaban J connectivity index is 1.59. The molecule has 4 rings (SSSR count). The summed E-state index contributed by atoms with van der Waals surface area (Å²) in [6, 6.07) is 17.3. The highest BCUT2D eigenvalue weighted by Crippen LogP contribution is 2.29. The second-order valence-electron chi connectivity index (χ2n) is 6.96. The third-order valence-corrected chi connectivity index (χ3v) is 6.05. The summed E-state index contributed by atoms with van der Waals surface area (Å²) in [5.41, 5.74) is 4.57. The Hall–Kier alpha value is -3.16. The lowest BCUT2D eigenvalue weighted by Crippen LogP contribution is -2.14. The van der Waals surface area contributed by atoms with Crippen molar-refractivity contribution in [1.29, 1.82) is 0 Å². The number of benzene rings is 2. The van der Waals surface area contributed by atoms with Crippen molar-refractivity contribution >= 4 is 35.0 Å². The average Bonchev–Trinajstić information content (AvgIpc) is 3.19. The predicted molar refractivity (Wildman–Crippen MR) is 125 cm³/mol. The van der Waals surface area contributed by atoms with Crippen molar-refractivity contribution in [3.8, 4) is 17.1 Å². The van der Waals surface area contributed by atoms with Gasteiger partial charge in [0.2, 0.25) is 5.91 Å². The van der Waals surface area contributed by atoms with Crippen molar-refractivity contribution in [3.63, 3.8) is 0 Å². The molecule has 0 spiro atoms. The topological polar surface area (TPSA) is 72.7 Å². The Labute approximate surface area is 189 Å². The van der Waals surface area contributed by atoms with Crippen LogP contribution in [0.3, 0.4) is 0 Å². The largest absolute Gasteiger partial charge is 0.325 e. The molecule has 2 aromatic heterocycles. The number of thioether (sulfide) groups is 1. The SMILES string of the molecule is Cc1ccc(NC(=O)CSc2nnc(-c3ccncc3)n2-c2ccccc2C)cc1Cl. The molecule has 4 aromatic rings. The van der Waals surface area contributed by atoms with Gasteiger partial charge in [0.15, 0.2) is 11.0 Å². The molecule has 6 nitrogen and oxygen atoms in total. The molecule has 0 aliphatic carbocycles. The molecule has 0 bridgehead atoms. The van der Waals surface area contributed by atoms with Crippen molar-refractivity contribution in [2.75, 3.05) is 11.1 Å². The van der Waals surface area contributed by atoms with E-state index in [4.69, 9.17) is 11.6 Å². The molecule has 0 aliphatic rings. The quantitative estimate of drug-likeness (QED) is 0.403. The van der Waals surface area contributed by atoms with E-state index in [9.17, 15) is 4.79 Å². The zero-order chi connectivity index (χ0) is 21.8. The Kier molecular flexibility index (Phi) is 6.34. The molecule has 0 saturated heterocycles. The first-order chi connectivity index (χ1) is 15.0. The van der Waals surface area contributed by atoms with Gasteiger partial charge in [0.05, 0.1) is 11.4 Å². The van der Waals surface area contributed by atoms with Gasteiger partial charge in [-0.05, 0) is 55.3 Å². The third kappa shape index (κ3) is 4.78. The summed E-state index contributed by atoms with van der Waals surface area (Å²) in [6.07, 6.45) is 3.44. The van der Waals surface area contributed by atoms with E-state index in [0.29, 0.717) is 21.7 Å². The first-order valence-corrected chi connectivity index (χ1v) is 11.0. The van der Waals surface area contributed by atoms with E-state index < -0.39 is 0 Å². The van der Waals surface area contributed by atoms with Crippen LogP contribution in [0.1, 0.15) is 11.1 Å². The Bertz CT molecular complexity index is 1230. The molecule has 1 N–H and O–H groups in total. The van der Waals surface area contributed by atoms with Crippen LogP contribution in [-0.4, -0.2) is 31.4 Å². The van der Waals surface area contributed by atoms with Crippen LogP contribution in [-0.2, 0) is 4.79 Å². The van der Waals surface area contributed by atoms with Gasteiger partial charge in [-0.15, -0.1) is 10.2 Å². The molecule has 31 heavy (non-hydrogen) atoms. The van der Waals surface area contributed by atoms with E-state index in [1.165, 1.54) is 11.8 Å². The number of pyridine rings is 1. The third-order valence-electron chi connectivity index (χ3n) is 4.72. The first-order valence-electron chi connectivity index (χ1n) is 9.63. The second kappa shape index (κ2) is 9.32. The highest BCUT2D eigenvalue weighted by atomic mass is 35.5. The van der Waals surface area contributed by atoms with Crippen LogP contribution in [0, 0.1) is 13.8 Å². The van der Waals surface area contributed by atoms with E-state index in [1.807, 2.05) is 66.9 Å². The molecule has 1 amide bonds. The fourth-order valence-corrected chi connectivity index (χ4v) is 4.01. The summed E-state index contributed by atoms with van der Waals surface area (Å²) >= 11 is 7.48. The minimum absolute atomic E-state index is 0.144. The Morgan fingerprint density at radius 1 is 1.03 bits per heavy atom. The fraction of sp³-hybridized carbons (Fsp3) is 0.130. The summed E-state index contributed by atoms with van der Waals surface area (Å²) in [7, 11) is 0. The first kappa shape index (κ1) is 21.1. The number of anilines is 1. The number of carbonyl (C=O) groups excluding carboxylic acids is 1. The lowest BCUT2D eigenvalue weighted by atomic mass is 10.2. The number of para-hydroxylation sites is 1. The molecule has 0 unspecified atom stereocenters. The van der Waals surface area contributed by atoms with Crippen molar-refractivity contribution in [2.45, 2.75) is 19.0 Å². The number of aryl methyl sites for hydroxylation is 2. The van der Waals surface area contributed by atoms with E-state index in [-0.39, 0.29) is 11.7 Å². The number of nitrogens with one attached hydrogen (secondary N) is 1. The van der Waals surface area contributed by atoms with Gasteiger partial charge in [-0.2, -0.15) is 0 Å². The van der Waals surface area contributed by atoms with Crippen LogP contribution >= 0.6 is 23.4 Å². The molecule has 2 heterocycles. The monoisotopic (exact) mass is 449 g/mol. The normalized spacial score (nSPS) is 10.8. The summed E-state index contributed by atoms with van der Waals surface area (Å²) in [5, 5.41) is 12.9. The Morgan fingerprint density at radius 3 is 2.55 bits per heavy atom. The summed E-state index contributed by atoms with van der Waals surface area (Å²) < 4.78 is 1.98. The van der Waals surface area contributed by atoms with Gasteiger partial charge in [0, 0.05) is 28.7 Å². The number of hydrogen-bond acceptors (Lipinski definition) is 5.